The van der Waals surface area contributed by atoms with E-state index < -0.39 is 6.10 Å². The first-order chi connectivity index (χ1) is 7.11. The molecule has 1 rings (SSSR count). The molecule has 1 atom stereocenters. The molecule has 1 aromatic rings. The van der Waals surface area contributed by atoms with Crippen molar-refractivity contribution in [3.63, 3.8) is 0 Å². The van der Waals surface area contributed by atoms with Gasteiger partial charge in [0.25, 0.3) is 0 Å². The predicted molar refractivity (Wildman–Crippen MR) is 58.8 cm³/mol. The van der Waals surface area contributed by atoms with E-state index in [2.05, 4.69) is 5.10 Å². The van der Waals surface area contributed by atoms with Crippen LogP contribution in [0.15, 0.2) is 0 Å². The van der Waals surface area contributed by atoms with E-state index in [0.29, 0.717) is 6.61 Å². The molecule has 4 heteroatoms. The molecule has 15 heavy (non-hydrogen) atoms. The molecule has 1 unspecified atom stereocenters. The Morgan fingerprint density at radius 3 is 2.67 bits per heavy atom. The largest absolute Gasteiger partial charge is 0.388 e. The Kier molecular flexibility index (Phi) is 4.29. The number of aliphatic hydroxyl groups excluding tert-OH is 1. The Labute approximate surface area is 90.9 Å². The first-order valence-electron chi connectivity index (χ1n) is 5.32. The lowest BCUT2D eigenvalue weighted by molar-refractivity contribution is 0.170. The highest BCUT2D eigenvalue weighted by molar-refractivity contribution is 5.26. The van der Waals surface area contributed by atoms with Crippen LogP contribution in [0.4, 0.5) is 0 Å². The van der Waals surface area contributed by atoms with Crippen LogP contribution in [0.5, 0.6) is 0 Å². The van der Waals surface area contributed by atoms with Crippen molar-refractivity contribution in [3.05, 3.63) is 17.0 Å². The summed E-state index contributed by atoms with van der Waals surface area (Å²) in [5.74, 6) is 0. The summed E-state index contributed by atoms with van der Waals surface area (Å²) in [7, 11) is 1.67. The highest BCUT2D eigenvalue weighted by Crippen LogP contribution is 2.23. The van der Waals surface area contributed by atoms with Crippen LogP contribution in [-0.4, -0.2) is 28.6 Å². The molecule has 0 saturated carbocycles. The van der Waals surface area contributed by atoms with Gasteiger partial charge in [0.2, 0.25) is 0 Å². The van der Waals surface area contributed by atoms with Crippen molar-refractivity contribution in [1.29, 1.82) is 0 Å². The van der Waals surface area contributed by atoms with Gasteiger partial charge in [0.15, 0.2) is 0 Å². The number of methoxy groups -OCH3 is 1. The summed E-state index contributed by atoms with van der Waals surface area (Å²) in [5.41, 5.74) is 2.92. The zero-order valence-electron chi connectivity index (χ0n) is 9.95. The number of aryl methyl sites for hydroxylation is 1. The van der Waals surface area contributed by atoms with Gasteiger partial charge < -0.3 is 9.84 Å². The van der Waals surface area contributed by atoms with E-state index in [1.165, 1.54) is 0 Å². The van der Waals surface area contributed by atoms with Crippen LogP contribution in [0.25, 0.3) is 0 Å². The summed E-state index contributed by atoms with van der Waals surface area (Å²) in [4.78, 5) is 0. The normalized spacial score (nSPS) is 13.1. The summed E-state index contributed by atoms with van der Waals surface area (Å²) in [6.45, 7) is 7.27. The Hall–Kier alpha value is -0.870. The maximum Gasteiger partial charge on any atom is 0.0823 e. The van der Waals surface area contributed by atoms with E-state index in [1.54, 1.807) is 7.11 Å². The monoisotopic (exact) mass is 212 g/mol. The fourth-order valence-electron chi connectivity index (χ4n) is 1.79. The minimum Gasteiger partial charge on any atom is -0.388 e. The van der Waals surface area contributed by atoms with Crippen LogP contribution in [0.3, 0.4) is 0 Å². The Morgan fingerprint density at radius 1 is 1.47 bits per heavy atom. The fraction of sp³-hybridized carbons (Fsp3) is 0.727. The zero-order valence-corrected chi connectivity index (χ0v) is 9.95. The molecule has 86 valence electrons. The zero-order chi connectivity index (χ0) is 11.4. The van der Waals surface area contributed by atoms with E-state index in [4.69, 9.17) is 4.74 Å². The second kappa shape index (κ2) is 5.28. The fourth-order valence-corrected chi connectivity index (χ4v) is 1.79. The van der Waals surface area contributed by atoms with Gasteiger partial charge in [-0.3, -0.25) is 4.68 Å². The number of aliphatic hydroxyl groups is 1. The summed E-state index contributed by atoms with van der Waals surface area (Å²) in [6, 6.07) is 0. The van der Waals surface area contributed by atoms with Crippen LogP contribution in [0, 0.1) is 13.8 Å². The molecular formula is C11H20N2O2. The molecule has 0 aromatic carbocycles. The maximum absolute atomic E-state index is 9.85. The van der Waals surface area contributed by atoms with Crippen molar-refractivity contribution in [2.45, 2.75) is 39.8 Å². The van der Waals surface area contributed by atoms with E-state index in [0.717, 1.165) is 29.9 Å². The third-order valence-corrected chi connectivity index (χ3v) is 2.66. The second-order valence-electron chi connectivity index (χ2n) is 3.72. The van der Waals surface area contributed by atoms with Crippen molar-refractivity contribution in [1.82, 2.24) is 9.78 Å². The molecular weight excluding hydrogens is 192 g/mol. The molecule has 0 aliphatic carbocycles. The van der Waals surface area contributed by atoms with Gasteiger partial charge in [-0.05, 0) is 20.3 Å². The molecule has 0 bridgehead atoms. The highest BCUT2D eigenvalue weighted by Gasteiger charge is 2.17. The lowest BCUT2D eigenvalue weighted by atomic mass is 10.1. The van der Waals surface area contributed by atoms with Crippen LogP contribution < -0.4 is 0 Å². The van der Waals surface area contributed by atoms with Crippen LogP contribution >= 0.6 is 0 Å². The Bertz CT molecular complexity index is 321. The first-order valence-corrected chi connectivity index (χ1v) is 5.32. The smallest absolute Gasteiger partial charge is 0.0823 e. The molecule has 0 fully saturated rings. The molecule has 0 amide bonds. The molecule has 1 heterocycles. The van der Waals surface area contributed by atoms with E-state index in [9.17, 15) is 5.11 Å². The molecule has 0 aliphatic rings. The standard InChI is InChI=1S/C11H20N2O2/c1-5-10(14)11-8(2)12-13(9(11)3)6-7-15-4/h10,14H,5-7H2,1-4H3. The van der Waals surface area contributed by atoms with Crippen molar-refractivity contribution in [3.8, 4) is 0 Å². The minimum absolute atomic E-state index is 0.402. The molecule has 4 nitrogen and oxygen atoms in total. The van der Waals surface area contributed by atoms with Gasteiger partial charge >= 0.3 is 0 Å². The second-order valence-corrected chi connectivity index (χ2v) is 3.72. The van der Waals surface area contributed by atoms with Gasteiger partial charge in [-0.25, -0.2) is 0 Å². The molecule has 0 aliphatic heterocycles. The summed E-state index contributed by atoms with van der Waals surface area (Å²) in [5, 5.41) is 14.2. The number of rotatable bonds is 5. The van der Waals surface area contributed by atoms with Crippen molar-refractivity contribution < 1.29 is 9.84 Å². The molecule has 1 N–H and O–H groups in total. The van der Waals surface area contributed by atoms with Crippen molar-refractivity contribution in [2.75, 3.05) is 13.7 Å². The first kappa shape index (κ1) is 12.2. The van der Waals surface area contributed by atoms with Crippen LogP contribution in [-0.2, 0) is 11.3 Å². The van der Waals surface area contributed by atoms with E-state index in [-0.39, 0.29) is 0 Å². The van der Waals surface area contributed by atoms with E-state index in [1.807, 2.05) is 25.5 Å². The highest BCUT2D eigenvalue weighted by atomic mass is 16.5. The maximum atomic E-state index is 9.85. The number of aromatic nitrogens is 2. The van der Waals surface area contributed by atoms with Gasteiger partial charge in [-0.2, -0.15) is 5.10 Å². The lowest BCUT2D eigenvalue weighted by Gasteiger charge is -2.09. The summed E-state index contributed by atoms with van der Waals surface area (Å²) in [6.07, 6.45) is 0.318. The summed E-state index contributed by atoms with van der Waals surface area (Å²) >= 11 is 0. The average molecular weight is 212 g/mol. The molecule has 0 spiro atoms. The van der Waals surface area contributed by atoms with Crippen molar-refractivity contribution >= 4 is 0 Å². The third-order valence-electron chi connectivity index (χ3n) is 2.66. The molecule has 0 saturated heterocycles. The van der Waals surface area contributed by atoms with Gasteiger partial charge in [-0.1, -0.05) is 6.92 Å². The Balaban J connectivity index is 2.93. The topological polar surface area (TPSA) is 47.3 Å². The lowest BCUT2D eigenvalue weighted by Crippen LogP contribution is -2.08. The minimum atomic E-state index is -0.402. The number of hydrogen-bond donors (Lipinski definition) is 1. The van der Waals surface area contributed by atoms with Crippen LogP contribution in [0.1, 0.15) is 36.4 Å². The number of hydrogen-bond acceptors (Lipinski definition) is 3. The molecule has 0 radical (unpaired) electrons. The third kappa shape index (κ3) is 2.58. The van der Waals surface area contributed by atoms with Gasteiger partial charge in [0.1, 0.15) is 0 Å². The van der Waals surface area contributed by atoms with Crippen molar-refractivity contribution in [2.24, 2.45) is 0 Å². The van der Waals surface area contributed by atoms with Gasteiger partial charge in [-0.15, -0.1) is 0 Å². The quantitative estimate of drug-likeness (QED) is 0.806. The summed E-state index contributed by atoms with van der Waals surface area (Å²) < 4.78 is 6.91. The number of ether oxygens (including phenoxy) is 1. The van der Waals surface area contributed by atoms with Gasteiger partial charge in [0.05, 0.1) is 24.9 Å². The number of nitrogens with zero attached hydrogens (tertiary/aromatic N) is 2. The van der Waals surface area contributed by atoms with Gasteiger partial charge in [0, 0.05) is 18.4 Å². The predicted octanol–water partition coefficient (Wildman–Crippen LogP) is 1.59. The van der Waals surface area contributed by atoms with E-state index >= 15 is 0 Å². The van der Waals surface area contributed by atoms with Crippen LogP contribution in [0.2, 0.25) is 0 Å². The average Bonchev–Trinajstić information content (AvgIpc) is 2.50. The Morgan fingerprint density at radius 2 is 2.13 bits per heavy atom. The SMILES string of the molecule is CCC(O)c1c(C)nn(CCOC)c1C. The molecule has 1 aromatic heterocycles.